The number of fused-ring (bicyclic) bond motifs is 1. The SMILES string of the molecule is OC(CNc1ncnc2c1CCCCC2)C1CC1. The van der Waals surface area contributed by atoms with Crippen LogP contribution in [0.25, 0.3) is 0 Å². The molecule has 18 heavy (non-hydrogen) atoms. The Labute approximate surface area is 108 Å². The van der Waals surface area contributed by atoms with Gasteiger partial charge in [-0.05, 0) is 44.4 Å². The summed E-state index contributed by atoms with van der Waals surface area (Å²) in [7, 11) is 0. The molecule has 1 unspecified atom stereocenters. The summed E-state index contributed by atoms with van der Waals surface area (Å²) in [4.78, 5) is 8.75. The maximum atomic E-state index is 9.90. The van der Waals surface area contributed by atoms with Crippen LogP contribution in [0.4, 0.5) is 5.82 Å². The van der Waals surface area contributed by atoms with Crippen molar-refractivity contribution in [2.75, 3.05) is 11.9 Å². The minimum absolute atomic E-state index is 0.221. The molecular formula is C14H21N3O. The van der Waals surface area contributed by atoms with Crippen LogP contribution in [0.2, 0.25) is 0 Å². The molecule has 1 aromatic heterocycles. The monoisotopic (exact) mass is 247 g/mol. The lowest BCUT2D eigenvalue weighted by atomic mass is 10.1. The Morgan fingerprint density at radius 1 is 1.22 bits per heavy atom. The van der Waals surface area contributed by atoms with Crippen molar-refractivity contribution in [3.8, 4) is 0 Å². The van der Waals surface area contributed by atoms with Crippen molar-refractivity contribution in [2.24, 2.45) is 5.92 Å². The van der Waals surface area contributed by atoms with E-state index in [-0.39, 0.29) is 6.10 Å². The van der Waals surface area contributed by atoms with Crippen LogP contribution in [0.5, 0.6) is 0 Å². The predicted molar refractivity (Wildman–Crippen MR) is 70.5 cm³/mol. The zero-order chi connectivity index (χ0) is 12.4. The molecule has 2 aliphatic carbocycles. The molecule has 0 bridgehead atoms. The highest BCUT2D eigenvalue weighted by atomic mass is 16.3. The van der Waals surface area contributed by atoms with E-state index in [1.165, 1.54) is 43.4 Å². The zero-order valence-corrected chi connectivity index (χ0v) is 10.7. The van der Waals surface area contributed by atoms with Crippen molar-refractivity contribution in [3.63, 3.8) is 0 Å². The number of aliphatic hydroxyl groups excluding tert-OH is 1. The van der Waals surface area contributed by atoms with Gasteiger partial charge in [0.1, 0.15) is 12.1 Å². The van der Waals surface area contributed by atoms with Gasteiger partial charge >= 0.3 is 0 Å². The van der Waals surface area contributed by atoms with Gasteiger partial charge in [0, 0.05) is 17.8 Å². The summed E-state index contributed by atoms with van der Waals surface area (Å²) >= 11 is 0. The number of aromatic nitrogens is 2. The van der Waals surface area contributed by atoms with Crippen molar-refractivity contribution in [3.05, 3.63) is 17.6 Å². The molecule has 2 aliphatic rings. The average molecular weight is 247 g/mol. The van der Waals surface area contributed by atoms with E-state index in [9.17, 15) is 5.11 Å². The third kappa shape index (κ3) is 2.64. The smallest absolute Gasteiger partial charge is 0.132 e. The van der Waals surface area contributed by atoms with E-state index in [1.54, 1.807) is 6.33 Å². The van der Waals surface area contributed by atoms with Crippen molar-refractivity contribution < 1.29 is 5.11 Å². The Morgan fingerprint density at radius 3 is 2.89 bits per heavy atom. The second kappa shape index (κ2) is 5.22. The van der Waals surface area contributed by atoms with Gasteiger partial charge in [-0.25, -0.2) is 9.97 Å². The van der Waals surface area contributed by atoms with Gasteiger partial charge in [0.05, 0.1) is 6.10 Å². The minimum atomic E-state index is -0.221. The molecule has 0 aromatic carbocycles. The van der Waals surface area contributed by atoms with Crippen LogP contribution >= 0.6 is 0 Å². The van der Waals surface area contributed by atoms with Crippen molar-refractivity contribution in [1.29, 1.82) is 0 Å². The number of anilines is 1. The molecule has 1 aromatic rings. The summed E-state index contributed by atoms with van der Waals surface area (Å²) in [6.45, 7) is 0.619. The van der Waals surface area contributed by atoms with E-state index < -0.39 is 0 Å². The summed E-state index contributed by atoms with van der Waals surface area (Å²) < 4.78 is 0. The standard InChI is InChI=1S/C14H21N3O/c18-13(10-6-7-10)8-15-14-11-4-2-1-3-5-12(11)16-9-17-14/h9-10,13,18H,1-8H2,(H,15,16,17). The van der Waals surface area contributed by atoms with Crippen LogP contribution in [0.15, 0.2) is 6.33 Å². The molecule has 2 N–H and O–H groups in total. The average Bonchev–Trinajstić information content (AvgIpc) is 3.21. The number of rotatable bonds is 4. The molecule has 1 saturated carbocycles. The fraction of sp³-hybridized carbons (Fsp3) is 0.714. The third-order valence-electron chi connectivity index (χ3n) is 4.02. The zero-order valence-electron chi connectivity index (χ0n) is 10.7. The fourth-order valence-electron chi connectivity index (χ4n) is 2.70. The first kappa shape index (κ1) is 11.9. The predicted octanol–water partition coefficient (Wildman–Crippen LogP) is 1.93. The van der Waals surface area contributed by atoms with Crippen LogP contribution < -0.4 is 5.32 Å². The number of hydrogen-bond acceptors (Lipinski definition) is 4. The number of nitrogens with zero attached hydrogens (tertiary/aromatic N) is 2. The minimum Gasteiger partial charge on any atom is -0.391 e. The van der Waals surface area contributed by atoms with Crippen LogP contribution in [0.1, 0.15) is 43.4 Å². The Kier molecular flexibility index (Phi) is 3.46. The van der Waals surface area contributed by atoms with Crippen LogP contribution in [0, 0.1) is 5.92 Å². The van der Waals surface area contributed by atoms with Gasteiger partial charge in [-0.15, -0.1) is 0 Å². The molecule has 98 valence electrons. The van der Waals surface area contributed by atoms with Gasteiger partial charge in [-0.2, -0.15) is 0 Å². The van der Waals surface area contributed by atoms with E-state index in [0.717, 1.165) is 18.7 Å². The van der Waals surface area contributed by atoms with Crippen LogP contribution in [-0.4, -0.2) is 27.7 Å². The number of hydrogen-bond donors (Lipinski definition) is 2. The molecule has 0 spiro atoms. The summed E-state index contributed by atoms with van der Waals surface area (Å²) in [5.41, 5.74) is 2.48. The molecule has 0 amide bonds. The van der Waals surface area contributed by atoms with E-state index in [2.05, 4.69) is 15.3 Å². The maximum Gasteiger partial charge on any atom is 0.132 e. The highest BCUT2D eigenvalue weighted by Gasteiger charge is 2.29. The molecule has 4 nitrogen and oxygen atoms in total. The number of nitrogens with one attached hydrogen (secondary N) is 1. The summed E-state index contributed by atoms with van der Waals surface area (Å²) in [6.07, 6.45) is 9.64. The third-order valence-corrected chi connectivity index (χ3v) is 4.02. The van der Waals surface area contributed by atoms with Gasteiger partial charge in [0.2, 0.25) is 0 Å². The Bertz CT molecular complexity index is 418. The first-order valence-electron chi connectivity index (χ1n) is 7.09. The molecule has 1 atom stereocenters. The van der Waals surface area contributed by atoms with Crippen LogP contribution in [0.3, 0.4) is 0 Å². The normalized spacial score (nSPS) is 20.9. The molecule has 0 aliphatic heterocycles. The second-order valence-corrected chi connectivity index (χ2v) is 5.49. The largest absolute Gasteiger partial charge is 0.391 e. The lowest BCUT2D eigenvalue weighted by Crippen LogP contribution is -2.22. The Balaban J connectivity index is 1.70. The van der Waals surface area contributed by atoms with Crippen LogP contribution in [-0.2, 0) is 12.8 Å². The summed E-state index contributed by atoms with van der Waals surface area (Å²) in [5.74, 6) is 1.46. The molecule has 1 fully saturated rings. The van der Waals surface area contributed by atoms with Gasteiger partial charge < -0.3 is 10.4 Å². The summed E-state index contributed by atoms with van der Waals surface area (Å²) in [5, 5.41) is 13.2. The lowest BCUT2D eigenvalue weighted by Gasteiger charge is -2.15. The first-order chi connectivity index (χ1) is 8.84. The quantitative estimate of drug-likeness (QED) is 0.798. The lowest BCUT2D eigenvalue weighted by molar-refractivity contribution is 0.164. The highest BCUT2D eigenvalue weighted by Crippen LogP contribution is 2.32. The second-order valence-electron chi connectivity index (χ2n) is 5.49. The topological polar surface area (TPSA) is 58.0 Å². The van der Waals surface area contributed by atoms with E-state index >= 15 is 0 Å². The Morgan fingerprint density at radius 2 is 2.06 bits per heavy atom. The van der Waals surface area contributed by atoms with Gasteiger partial charge in [-0.3, -0.25) is 0 Å². The molecule has 3 rings (SSSR count). The molecule has 4 heteroatoms. The first-order valence-corrected chi connectivity index (χ1v) is 7.09. The molecule has 1 heterocycles. The van der Waals surface area contributed by atoms with Crippen molar-refractivity contribution in [1.82, 2.24) is 9.97 Å². The van der Waals surface area contributed by atoms with E-state index in [4.69, 9.17) is 0 Å². The van der Waals surface area contributed by atoms with Gasteiger partial charge in [0.25, 0.3) is 0 Å². The highest BCUT2D eigenvalue weighted by molar-refractivity contribution is 5.46. The summed E-state index contributed by atoms with van der Waals surface area (Å²) in [6, 6.07) is 0. The van der Waals surface area contributed by atoms with E-state index in [1.807, 2.05) is 0 Å². The van der Waals surface area contributed by atoms with E-state index in [0.29, 0.717) is 12.5 Å². The number of aryl methyl sites for hydroxylation is 1. The number of aliphatic hydroxyl groups is 1. The Hall–Kier alpha value is -1.16. The molecule has 0 radical (unpaired) electrons. The van der Waals surface area contributed by atoms with Crippen molar-refractivity contribution >= 4 is 5.82 Å². The fourth-order valence-corrected chi connectivity index (χ4v) is 2.70. The maximum absolute atomic E-state index is 9.90. The molecular weight excluding hydrogens is 226 g/mol. The van der Waals surface area contributed by atoms with Crippen molar-refractivity contribution in [2.45, 2.75) is 51.0 Å². The van der Waals surface area contributed by atoms with Gasteiger partial charge in [0.15, 0.2) is 0 Å². The molecule has 0 saturated heterocycles. The van der Waals surface area contributed by atoms with Gasteiger partial charge in [-0.1, -0.05) is 6.42 Å².